The molecule has 0 fully saturated rings. The predicted octanol–water partition coefficient (Wildman–Crippen LogP) is 2.86. The van der Waals surface area contributed by atoms with E-state index >= 15 is 0 Å². The fourth-order valence-corrected chi connectivity index (χ4v) is 2.13. The third kappa shape index (κ3) is 2.33. The Morgan fingerprint density at radius 3 is 2.95 bits per heavy atom. The van der Waals surface area contributed by atoms with Crippen LogP contribution in [0.25, 0.3) is 22.2 Å². The van der Waals surface area contributed by atoms with E-state index in [1.807, 2.05) is 42.6 Å². The molecule has 0 atom stereocenters. The molecule has 0 spiro atoms. The summed E-state index contributed by atoms with van der Waals surface area (Å²) < 4.78 is 0. The summed E-state index contributed by atoms with van der Waals surface area (Å²) in [5.41, 5.74) is 3.61. The molecule has 0 bridgehead atoms. The second-order valence-electron chi connectivity index (χ2n) is 4.41. The molecule has 0 saturated carbocycles. The molecule has 3 aromatic rings. The molecule has 0 radical (unpaired) electrons. The monoisotopic (exact) mass is 252 g/mol. The van der Waals surface area contributed by atoms with E-state index in [0.29, 0.717) is 0 Å². The molecule has 94 valence electrons. The van der Waals surface area contributed by atoms with E-state index in [-0.39, 0.29) is 6.42 Å². The third-order valence-electron chi connectivity index (χ3n) is 3.02. The van der Waals surface area contributed by atoms with Crippen molar-refractivity contribution in [1.82, 2.24) is 9.97 Å². The molecular formula is C15H12N2O2. The highest BCUT2D eigenvalue weighted by atomic mass is 16.4. The minimum atomic E-state index is -0.823. The molecule has 0 saturated heterocycles. The van der Waals surface area contributed by atoms with Crippen LogP contribution in [0.4, 0.5) is 0 Å². The molecule has 1 aromatic carbocycles. The van der Waals surface area contributed by atoms with Gasteiger partial charge in [-0.2, -0.15) is 0 Å². The molecule has 2 aromatic heterocycles. The van der Waals surface area contributed by atoms with Crippen LogP contribution >= 0.6 is 0 Å². The minimum Gasteiger partial charge on any atom is -0.481 e. The normalized spacial score (nSPS) is 10.7. The van der Waals surface area contributed by atoms with Crippen LogP contribution in [0.15, 0.2) is 48.8 Å². The summed E-state index contributed by atoms with van der Waals surface area (Å²) in [6.45, 7) is 0. The van der Waals surface area contributed by atoms with Gasteiger partial charge in [0, 0.05) is 23.3 Å². The molecule has 0 amide bonds. The van der Waals surface area contributed by atoms with Crippen LogP contribution < -0.4 is 0 Å². The van der Waals surface area contributed by atoms with Gasteiger partial charge in [0.05, 0.1) is 6.42 Å². The van der Waals surface area contributed by atoms with Crippen molar-refractivity contribution in [3.8, 4) is 11.1 Å². The van der Waals surface area contributed by atoms with Crippen molar-refractivity contribution >= 4 is 17.0 Å². The maximum Gasteiger partial charge on any atom is 0.307 e. The summed E-state index contributed by atoms with van der Waals surface area (Å²) in [5.74, 6) is -0.823. The van der Waals surface area contributed by atoms with Crippen molar-refractivity contribution in [2.24, 2.45) is 0 Å². The fourth-order valence-electron chi connectivity index (χ4n) is 2.13. The Hall–Kier alpha value is -2.62. The van der Waals surface area contributed by atoms with Crippen LogP contribution in [0, 0.1) is 0 Å². The summed E-state index contributed by atoms with van der Waals surface area (Å²) in [7, 11) is 0. The number of aromatic nitrogens is 2. The van der Waals surface area contributed by atoms with Crippen LogP contribution in [-0.4, -0.2) is 21.0 Å². The number of fused-ring (bicyclic) bond motifs is 1. The van der Waals surface area contributed by atoms with Crippen LogP contribution in [0.3, 0.4) is 0 Å². The molecule has 0 aliphatic rings. The van der Waals surface area contributed by atoms with Crippen molar-refractivity contribution in [3.63, 3.8) is 0 Å². The lowest BCUT2D eigenvalue weighted by molar-refractivity contribution is -0.136. The summed E-state index contributed by atoms with van der Waals surface area (Å²) >= 11 is 0. The average molecular weight is 252 g/mol. The standard InChI is InChI=1S/C15H12N2O2/c18-14(19)7-10-2-1-3-11(6-10)13-8-12-4-5-16-15(12)17-9-13/h1-6,8-9H,7H2,(H,16,17)(H,18,19). The second-order valence-corrected chi connectivity index (χ2v) is 4.41. The summed E-state index contributed by atoms with van der Waals surface area (Å²) in [6, 6.07) is 11.5. The van der Waals surface area contributed by atoms with E-state index in [1.165, 1.54) is 0 Å². The highest BCUT2D eigenvalue weighted by molar-refractivity contribution is 5.81. The first-order valence-corrected chi connectivity index (χ1v) is 5.96. The van der Waals surface area contributed by atoms with Crippen molar-refractivity contribution in [2.45, 2.75) is 6.42 Å². The Labute approximate surface area is 109 Å². The van der Waals surface area contributed by atoms with Gasteiger partial charge in [-0.1, -0.05) is 24.3 Å². The van der Waals surface area contributed by atoms with Crippen molar-refractivity contribution in [2.75, 3.05) is 0 Å². The first-order chi connectivity index (χ1) is 9.22. The molecular weight excluding hydrogens is 240 g/mol. The fraction of sp³-hybridized carbons (Fsp3) is 0.0667. The van der Waals surface area contributed by atoms with Gasteiger partial charge in [-0.25, -0.2) is 4.98 Å². The number of aliphatic carboxylic acids is 1. The lowest BCUT2D eigenvalue weighted by Gasteiger charge is -2.04. The molecule has 4 nitrogen and oxygen atoms in total. The number of carboxylic acids is 1. The molecule has 0 unspecified atom stereocenters. The van der Waals surface area contributed by atoms with E-state index in [4.69, 9.17) is 5.11 Å². The lowest BCUT2D eigenvalue weighted by atomic mass is 10.0. The summed E-state index contributed by atoms with van der Waals surface area (Å²) in [6.07, 6.45) is 3.68. The minimum absolute atomic E-state index is 0.0354. The number of aromatic amines is 1. The second kappa shape index (κ2) is 4.57. The maximum atomic E-state index is 10.7. The smallest absolute Gasteiger partial charge is 0.307 e. The lowest BCUT2D eigenvalue weighted by Crippen LogP contribution is -1.99. The number of pyridine rings is 1. The Bertz CT molecular complexity index is 746. The first kappa shape index (κ1) is 11.5. The van der Waals surface area contributed by atoms with Gasteiger partial charge in [-0.3, -0.25) is 4.79 Å². The number of benzene rings is 1. The van der Waals surface area contributed by atoms with Gasteiger partial charge in [-0.15, -0.1) is 0 Å². The number of carbonyl (C=O) groups is 1. The predicted molar refractivity (Wildman–Crippen MR) is 72.9 cm³/mol. The highest BCUT2D eigenvalue weighted by Gasteiger charge is 2.04. The van der Waals surface area contributed by atoms with Gasteiger partial charge in [0.15, 0.2) is 0 Å². The first-order valence-electron chi connectivity index (χ1n) is 5.96. The number of carboxylic acid groups (broad SMARTS) is 1. The Kier molecular flexibility index (Phi) is 2.76. The Balaban J connectivity index is 2.02. The zero-order chi connectivity index (χ0) is 13.2. The number of nitrogens with one attached hydrogen (secondary N) is 1. The van der Waals surface area contributed by atoms with E-state index in [9.17, 15) is 4.79 Å². The quantitative estimate of drug-likeness (QED) is 0.753. The largest absolute Gasteiger partial charge is 0.481 e. The zero-order valence-electron chi connectivity index (χ0n) is 10.1. The summed E-state index contributed by atoms with van der Waals surface area (Å²) in [5, 5.41) is 9.87. The van der Waals surface area contributed by atoms with Gasteiger partial charge >= 0.3 is 5.97 Å². The topological polar surface area (TPSA) is 66.0 Å². The van der Waals surface area contributed by atoms with Crippen LogP contribution in [0.2, 0.25) is 0 Å². The van der Waals surface area contributed by atoms with E-state index in [2.05, 4.69) is 9.97 Å². The van der Waals surface area contributed by atoms with Crippen molar-refractivity contribution in [1.29, 1.82) is 0 Å². The Morgan fingerprint density at radius 2 is 2.11 bits per heavy atom. The number of rotatable bonds is 3. The van der Waals surface area contributed by atoms with Gasteiger partial charge in [0.25, 0.3) is 0 Å². The molecule has 19 heavy (non-hydrogen) atoms. The molecule has 3 rings (SSSR count). The Morgan fingerprint density at radius 1 is 1.21 bits per heavy atom. The van der Waals surface area contributed by atoms with E-state index in [0.717, 1.165) is 27.7 Å². The van der Waals surface area contributed by atoms with Crippen LogP contribution in [0.5, 0.6) is 0 Å². The van der Waals surface area contributed by atoms with Gasteiger partial charge in [0.1, 0.15) is 5.65 Å². The molecule has 0 aliphatic heterocycles. The third-order valence-corrected chi connectivity index (χ3v) is 3.02. The van der Waals surface area contributed by atoms with Gasteiger partial charge in [-0.05, 0) is 23.3 Å². The van der Waals surface area contributed by atoms with Crippen molar-refractivity contribution in [3.05, 3.63) is 54.4 Å². The van der Waals surface area contributed by atoms with Crippen LogP contribution in [-0.2, 0) is 11.2 Å². The van der Waals surface area contributed by atoms with E-state index in [1.54, 1.807) is 6.20 Å². The van der Waals surface area contributed by atoms with E-state index < -0.39 is 5.97 Å². The van der Waals surface area contributed by atoms with Crippen LogP contribution in [0.1, 0.15) is 5.56 Å². The molecule has 0 aliphatic carbocycles. The average Bonchev–Trinajstić information content (AvgIpc) is 2.85. The van der Waals surface area contributed by atoms with Gasteiger partial charge < -0.3 is 10.1 Å². The molecule has 4 heteroatoms. The molecule has 2 heterocycles. The number of nitrogens with zero attached hydrogens (tertiary/aromatic N) is 1. The summed E-state index contributed by atoms with van der Waals surface area (Å²) in [4.78, 5) is 18.1. The van der Waals surface area contributed by atoms with Gasteiger partial charge in [0.2, 0.25) is 0 Å². The molecule has 2 N–H and O–H groups in total. The SMILES string of the molecule is O=C(O)Cc1cccc(-c2cnc3[nH]ccc3c2)c1. The maximum absolute atomic E-state index is 10.7. The van der Waals surface area contributed by atoms with Crippen molar-refractivity contribution < 1.29 is 9.90 Å². The number of H-pyrrole nitrogens is 1. The number of hydrogen-bond acceptors (Lipinski definition) is 2. The highest BCUT2D eigenvalue weighted by Crippen LogP contribution is 2.23. The zero-order valence-corrected chi connectivity index (χ0v) is 10.1. The number of hydrogen-bond donors (Lipinski definition) is 2.